The number of hydrogen-bond donors (Lipinski definition) is 1. The van der Waals surface area contributed by atoms with Crippen LogP contribution in [0.1, 0.15) is 11.1 Å². The van der Waals surface area contributed by atoms with Crippen LogP contribution in [0.3, 0.4) is 0 Å². The first kappa shape index (κ1) is 9.74. The lowest BCUT2D eigenvalue weighted by Gasteiger charge is -2.00. The maximum Gasteiger partial charge on any atom is 0.333 e. The second-order valence-electron chi connectivity index (χ2n) is 3.04. The number of hydrogen-bond acceptors (Lipinski definition) is 1. The minimum absolute atomic E-state index is 0.272. The van der Waals surface area contributed by atoms with E-state index < -0.39 is 5.97 Å². The summed E-state index contributed by atoms with van der Waals surface area (Å²) in [6.45, 7) is 0. The number of carbonyl (C=O) groups is 1. The Morgan fingerprint density at radius 3 is 2.79 bits per heavy atom. The van der Waals surface area contributed by atoms with Crippen LogP contribution < -0.4 is 0 Å². The van der Waals surface area contributed by atoms with Crippen molar-refractivity contribution in [3.63, 3.8) is 0 Å². The summed E-state index contributed by atoms with van der Waals surface area (Å²) in [6.07, 6.45) is 0.394. The third-order valence-electron chi connectivity index (χ3n) is 2.23. The van der Waals surface area contributed by atoms with Crippen LogP contribution in [0, 0.1) is 0 Å². The molecule has 72 valence electrons. The van der Waals surface area contributed by atoms with Gasteiger partial charge in [0.25, 0.3) is 0 Å². The molecule has 0 saturated carbocycles. The maximum absolute atomic E-state index is 10.8. The fourth-order valence-electron chi connectivity index (χ4n) is 1.53. The van der Waals surface area contributed by atoms with Gasteiger partial charge in [0.2, 0.25) is 0 Å². The molecular weight excluding hydrogens is 267 g/mol. The number of fused-ring (bicyclic) bond motifs is 1. The number of carboxylic acid groups (broad SMARTS) is 1. The molecule has 2 nitrogen and oxygen atoms in total. The zero-order chi connectivity index (χ0) is 10.3. The molecule has 1 N–H and O–H groups in total. The molecule has 14 heavy (non-hydrogen) atoms. The minimum Gasteiger partial charge on any atom is -0.478 e. The lowest BCUT2D eigenvalue weighted by atomic mass is 10.1. The molecule has 0 aromatic heterocycles. The van der Waals surface area contributed by atoms with Gasteiger partial charge in [-0.2, -0.15) is 0 Å². The standard InChI is InChI=1S/C10H6BrClO2/c11-8-3-1-2-5-6(8)4-7(9(5)12)10(13)14/h1-3H,4H2,(H,13,14). The van der Waals surface area contributed by atoms with E-state index in [0.29, 0.717) is 11.5 Å². The van der Waals surface area contributed by atoms with Crippen LogP contribution in [-0.4, -0.2) is 11.1 Å². The predicted molar refractivity (Wildman–Crippen MR) is 58.3 cm³/mol. The summed E-state index contributed by atoms with van der Waals surface area (Å²) >= 11 is 9.33. The highest BCUT2D eigenvalue weighted by atomic mass is 79.9. The Kier molecular flexibility index (Phi) is 2.37. The van der Waals surface area contributed by atoms with Gasteiger partial charge in [-0.1, -0.05) is 39.7 Å². The molecule has 1 aliphatic rings. The fourth-order valence-corrected chi connectivity index (χ4v) is 2.36. The molecule has 1 aliphatic carbocycles. The van der Waals surface area contributed by atoms with E-state index in [1.54, 1.807) is 0 Å². The Morgan fingerprint density at radius 1 is 1.50 bits per heavy atom. The monoisotopic (exact) mass is 272 g/mol. The van der Waals surface area contributed by atoms with Crippen LogP contribution in [-0.2, 0) is 11.2 Å². The summed E-state index contributed by atoms with van der Waals surface area (Å²) in [5.41, 5.74) is 2.04. The summed E-state index contributed by atoms with van der Waals surface area (Å²) in [5, 5.41) is 9.24. The van der Waals surface area contributed by atoms with Gasteiger partial charge < -0.3 is 5.11 Å². The van der Waals surface area contributed by atoms with Gasteiger partial charge in [-0.05, 0) is 17.2 Å². The topological polar surface area (TPSA) is 37.3 Å². The van der Waals surface area contributed by atoms with Crippen molar-refractivity contribution >= 4 is 38.5 Å². The predicted octanol–water partition coefficient (Wildman–Crippen LogP) is 3.04. The quantitative estimate of drug-likeness (QED) is 0.854. The van der Waals surface area contributed by atoms with Crippen LogP contribution in [0.25, 0.3) is 5.03 Å². The Balaban J connectivity index is 2.58. The van der Waals surface area contributed by atoms with Crippen molar-refractivity contribution in [1.29, 1.82) is 0 Å². The van der Waals surface area contributed by atoms with E-state index in [0.717, 1.165) is 15.6 Å². The lowest BCUT2D eigenvalue weighted by Crippen LogP contribution is -2.00. The Labute approximate surface area is 94.3 Å². The Hall–Kier alpha value is -0.800. The van der Waals surface area contributed by atoms with E-state index in [4.69, 9.17) is 16.7 Å². The van der Waals surface area contributed by atoms with Crippen LogP contribution >= 0.6 is 27.5 Å². The first-order valence-corrected chi connectivity index (χ1v) is 5.18. The van der Waals surface area contributed by atoms with Crippen LogP contribution in [0.4, 0.5) is 0 Å². The van der Waals surface area contributed by atoms with Crippen molar-refractivity contribution in [2.75, 3.05) is 0 Å². The van der Waals surface area contributed by atoms with E-state index in [-0.39, 0.29) is 5.57 Å². The number of benzene rings is 1. The van der Waals surface area contributed by atoms with Gasteiger partial charge in [0.1, 0.15) is 0 Å². The molecule has 0 bridgehead atoms. The molecule has 2 rings (SSSR count). The highest BCUT2D eigenvalue weighted by Crippen LogP contribution is 2.38. The molecule has 0 spiro atoms. The van der Waals surface area contributed by atoms with Gasteiger partial charge in [0, 0.05) is 10.9 Å². The first-order chi connectivity index (χ1) is 6.61. The molecule has 0 radical (unpaired) electrons. The van der Waals surface area contributed by atoms with E-state index in [1.165, 1.54) is 0 Å². The fraction of sp³-hybridized carbons (Fsp3) is 0.100. The van der Waals surface area contributed by atoms with Gasteiger partial charge in [-0.15, -0.1) is 0 Å². The largest absolute Gasteiger partial charge is 0.478 e. The van der Waals surface area contributed by atoms with Gasteiger partial charge >= 0.3 is 5.97 Å². The molecular formula is C10H6BrClO2. The lowest BCUT2D eigenvalue weighted by molar-refractivity contribution is -0.132. The summed E-state index contributed by atoms with van der Waals surface area (Å²) < 4.78 is 0.907. The number of carboxylic acids is 1. The highest BCUT2D eigenvalue weighted by molar-refractivity contribution is 9.10. The highest BCUT2D eigenvalue weighted by Gasteiger charge is 2.25. The molecule has 0 fully saturated rings. The van der Waals surface area contributed by atoms with E-state index >= 15 is 0 Å². The second kappa shape index (κ2) is 3.41. The smallest absolute Gasteiger partial charge is 0.333 e. The van der Waals surface area contributed by atoms with Crippen molar-refractivity contribution in [3.8, 4) is 0 Å². The minimum atomic E-state index is -0.946. The van der Waals surface area contributed by atoms with Gasteiger partial charge in [0.05, 0.1) is 10.6 Å². The van der Waals surface area contributed by atoms with Crippen LogP contribution in [0.5, 0.6) is 0 Å². The average Bonchev–Trinajstić information content (AvgIpc) is 2.46. The molecule has 0 heterocycles. The summed E-state index contributed by atoms with van der Waals surface area (Å²) in [5.74, 6) is -0.946. The van der Waals surface area contributed by atoms with E-state index in [2.05, 4.69) is 15.9 Å². The van der Waals surface area contributed by atoms with Crippen molar-refractivity contribution in [2.45, 2.75) is 6.42 Å². The van der Waals surface area contributed by atoms with E-state index in [1.807, 2.05) is 18.2 Å². The molecule has 1 aromatic carbocycles. The maximum atomic E-state index is 10.8. The van der Waals surface area contributed by atoms with Gasteiger partial charge in [-0.25, -0.2) is 4.79 Å². The van der Waals surface area contributed by atoms with Crippen molar-refractivity contribution < 1.29 is 9.90 Å². The third kappa shape index (κ3) is 1.37. The zero-order valence-electron chi connectivity index (χ0n) is 7.05. The second-order valence-corrected chi connectivity index (χ2v) is 4.27. The first-order valence-electron chi connectivity index (χ1n) is 4.01. The average molecular weight is 274 g/mol. The summed E-state index contributed by atoms with van der Waals surface area (Å²) in [6, 6.07) is 5.56. The summed E-state index contributed by atoms with van der Waals surface area (Å²) in [4.78, 5) is 10.8. The third-order valence-corrected chi connectivity index (χ3v) is 3.41. The zero-order valence-corrected chi connectivity index (χ0v) is 9.39. The van der Waals surface area contributed by atoms with Crippen LogP contribution in [0.15, 0.2) is 28.2 Å². The molecule has 0 amide bonds. The Bertz CT molecular complexity index is 451. The van der Waals surface area contributed by atoms with Crippen molar-refractivity contribution in [2.24, 2.45) is 0 Å². The van der Waals surface area contributed by atoms with Crippen LogP contribution in [0.2, 0.25) is 0 Å². The number of rotatable bonds is 1. The van der Waals surface area contributed by atoms with Crippen molar-refractivity contribution in [3.05, 3.63) is 39.4 Å². The number of halogens is 2. The van der Waals surface area contributed by atoms with Gasteiger partial charge in [-0.3, -0.25) is 0 Å². The molecule has 0 atom stereocenters. The Morgan fingerprint density at radius 2 is 2.21 bits per heavy atom. The molecule has 0 unspecified atom stereocenters. The SMILES string of the molecule is O=C(O)C1=C(Cl)c2cccc(Br)c2C1. The molecule has 0 aliphatic heterocycles. The normalized spacial score (nSPS) is 14.4. The number of aliphatic carboxylic acids is 1. The van der Waals surface area contributed by atoms with E-state index in [9.17, 15) is 4.79 Å². The summed E-state index contributed by atoms with van der Waals surface area (Å²) in [7, 11) is 0. The molecule has 1 aromatic rings. The van der Waals surface area contributed by atoms with Gasteiger partial charge in [0.15, 0.2) is 0 Å². The molecule has 0 saturated heterocycles. The van der Waals surface area contributed by atoms with Crippen molar-refractivity contribution in [1.82, 2.24) is 0 Å². The molecule has 4 heteroatoms.